The van der Waals surface area contributed by atoms with Crippen LogP contribution in [-0.2, 0) is 0 Å². The van der Waals surface area contributed by atoms with Gasteiger partial charge in [0.25, 0.3) is 0 Å². The molecular weight excluding hydrogens is 242 g/mol. The fraction of sp³-hybridized carbons (Fsp3) is 0.750. The van der Waals surface area contributed by atoms with Crippen molar-refractivity contribution < 1.29 is 16.9 Å². The van der Waals surface area contributed by atoms with Gasteiger partial charge in [-0.2, -0.15) is 0 Å². The predicted octanol–water partition coefficient (Wildman–Crippen LogP) is 1.17. The molecule has 0 aromatic rings. The second-order valence-corrected chi connectivity index (χ2v) is 7.15. The third kappa shape index (κ3) is 4.44. The van der Waals surface area contributed by atoms with Gasteiger partial charge in [-0.1, -0.05) is 25.5 Å². The summed E-state index contributed by atoms with van der Waals surface area (Å²) in [5.74, 6) is 0. The van der Waals surface area contributed by atoms with Crippen molar-refractivity contribution in [1.82, 2.24) is 0 Å². The Hall–Kier alpha value is -0.270. The summed E-state index contributed by atoms with van der Waals surface area (Å²) in [5.41, 5.74) is 3.53. The van der Waals surface area contributed by atoms with Crippen LogP contribution in [0.4, 0.5) is 0 Å². The number of hydrogen-bond donors (Lipinski definition) is 0. The SMILES string of the molecule is CC1=C(C=CC(C)[N+](C)(C)C)C(C)(C)CCC1.[Cl-]. The van der Waals surface area contributed by atoms with E-state index in [-0.39, 0.29) is 12.4 Å². The molecule has 0 radical (unpaired) electrons. The lowest BCUT2D eigenvalue weighted by atomic mass is 9.72. The van der Waals surface area contributed by atoms with Crippen LogP contribution >= 0.6 is 0 Å². The molecule has 18 heavy (non-hydrogen) atoms. The van der Waals surface area contributed by atoms with Crippen molar-refractivity contribution in [2.24, 2.45) is 5.41 Å². The molecule has 0 aromatic heterocycles. The highest BCUT2D eigenvalue weighted by Crippen LogP contribution is 2.40. The van der Waals surface area contributed by atoms with Crippen molar-refractivity contribution >= 4 is 0 Å². The van der Waals surface area contributed by atoms with Crippen molar-refractivity contribution in [3.8, 4) is 0 Å². The smallest absolute Gasteiger partial charge is 0.104 e. The van der Waals surface area contributed by atoms with Crippen LogP contribution in [0.5, 0.6) is 0 Å². The van der Waals surface area contributed by atoms with Gasteiger partial charge in [0.1, 0.15) is 6.04 Å². The largest absolute Gasteiger partial charge is 1.00 e. The van der Waals surface area contributed by atoms with Gasteiger partial charge >= 0.3 is 0 Å². The summed E-state index contributed by atoms with van der Waals surface area (Å²) in [6.07, 6.45) is 8.72. The van der Waals surface area contributed by atoms with Gasteiger partial charge in [0.2, 0.25) is 0 Å². The summed E-state index contributed by atoms with van der Waals surface area (Å²) in [6, 6.07) is 0.563. The number of rotatable bonds is 3. The van der Waals surface area contributed by atoms with Gasteiger partial charge in [-0.15, -0.1) is 0 Å². The summed E-state index contributed by atoms with van der Waals surface area (Å²) in [6.45, 7) is 9.36. The van der Waals surface area contributed by atoms with E-state index in [2.05, 4.69) is 61.0 Å². The minimum Gasteiger partial charge on any atom is -1.00 e. The van der Waals surface area contributed by atoms with E-state index in [1.54, 1.807) is 11.1 Å². The van der Waals surface area contributed by atoms with Crippen LogP contribution in [0.1, 0.15) is 47.0 Å². The Bertz CT molecular complexity index is 331. The highest BCUT2D eigenvalue weighted by atomic mass is 35.5. The molecule has 0 bridgehead atoms. The first-order valence-corrected chi connectivity index (χ1v) is 6.84. The average molecular weight is 272 g/mol. The molecule has 0 aliphatic heterocycles. The van der Waals surface area contributed by atoms with E-state index < -0.39 is 0 Å². The summed E-state index contributed by atoms with van der Waals surface area (Å²) < 4.78 is 0.989. The molecule has 0 spiro atoms. The van der Waals surface area contributed by atoms with Crippen molar-refractivity contribution in [2.75, 3.05) is 21.1 Å². The maximum atomic E-state index is 2.39. The first-order valence-electron chi connectivity index (χ1n) is 6.84. The molecule has 0 fully saturated rings. The Morgan fingerprint density at radius 2 is 1.78 bits per heavy atom. The zero-order valence-corrected chi connectivity index (χ0v) is 13.9. The van der Waals surface area contributed by atoms with Crippen LogP contribution < -0.4 is 12.4 Å². The standard InChI is InChI=1S/C16H30N.ClH/c1-13-9-8-12-16(3,4)15(13)11-10-14(2)17(5,6)7;/h10-11,14H,8-9,12H2,1-7H3;1H/q+1;/p-1. The van der Waals surface area contributed by atoms with Crippen LogP contribution in [0, 0.1) is 5.41 Å². The van der Waals surface area contributed by atoms with Gasteiger partial charge in [0, 0.05) is 0 Å². The van der Waals surface area contributed by atoms with Crippen LogP contribution in [-0.4, -0.2) is 31.7 Å². The summed E-state index contributed by atoms with van der Waals surface area (Å²) in [5, 5.41) is 0. The summed E-state index contributed by atoms with van der Waals surface area (Å²) >= 11 is 0. The molecule has 1 nitrogen and oxygen atoms in total. The van der Waals surface area contributed by atoms with Crippen LogP contribution in [0.15, 0.2) is 23.3 Å². The fourth-order valence-corrected chi connectivity index (χ4v) is 2.50. The number of quaternary nitrogens is 1. The number of allylic oxidation sites excluding steroid dienone is 3. The minimum absolute atomic E-state index is 0. The van der Waals surface area contributed by atoms with Gasteiger partial charge < -0.3 is 16.9 Å². The molecule has 0 aromatic carbocycles. The van der Waals surface area contributed by atoms with E-state index in [1.807, 2.05) is 0 Å². The highest BCUT2D eigenvalue weighted by molar-refractivity contribution is 5.32. The molecule has 1 aliphatic rings. The van der Waals surface area contributed by atoms with E-state index in [1.165, 1.54) is 19.3 Å². The number of hydrogen-bond acceptors (Lipinski definition) is 0. The number of halogens is 1. The van der Waals surface area contributed by atoms with E-state index in [0.29, 0.717) is 11.5 Å². The molecule has 1 rings (SSSR count). The van der Waals surface area contributed by atoms with E-state index in [4.69, 9.17) is 0 Å². The Kier molecular flexibility index (Phi) is 6.16. The van der Waals surface area contributed by atoms with Gasteiger partial charge in [0.05, 0.1) is 21.1 Å². The lowest BCUT2D eigenvalue weighted by Crippen LogP contribution is -3.00. The molecule has 0 saturated heterocycles. The second kappa shape index (κ2) is 6.25. The van der Waals surface area contributed by atoms with Crippen LogP contribution in [0.2, 0.25) is 0 Å². The molecule has 2 heteroatoms. The van der Waals surface area contributed by atoms with E-state index >= 15 is 0 Å². The first-order chi connectivity index (χ1) is 7.64. The summed E-state index contributed by atoms with van der Waals surface area (Å²) in [4.78, 5) is 0. The number of likely N-dealkylation sites (N-methyl/N-ethyl adjacent to an activating group) is 1. The third-order valence-electron chi connectivity index (χ3n) is 4.31. The molecular formula is C16H30ClN. The lowest BCUT2D eigenvalue weighted by molar-refractivity contribution is -0.887. The predicted molar refractivity (Wildman–Crippen MR) is 77.0 cm³/mol. The Balaban J connectivity index is 0.00000289. The molecule has 1 unspecified atom stereocenters. The Morgan fingerprint density at radius 3 is 2.22 bits per heavy atom. The van der Waals surface area contributed by atoms with Crippen molar-refractivity contribution in [3.63, 3.8) is 0 Å². The molecule has 106 valence electrons. The molecule has 1 aliphatic carbocycles. The molecule has 1 atom stereocenters. The molecule has 0 heterocycles. The molecule has 0 saturated carbocycles. The van der Waals surface area contributed by atoms with Crippen LogP contribution in [0.3, 0.4) is 0 Å². The maximum Gasteiger partial charge on any atom is 0.104 e. The Morgan fingerprint density at radius 1 is 1.22 bits per heavy atom. The quantitative estimate of drug-likeness (QED) is 0.676. The maximum absolute atomic E-state index is 2.39. The Labute approximate surface area is 120 Å². The zero-order valence-electron chi connectivity index (χ0n) is 13.2. The van der Waals surface area contributed by atoms with Gasteiger partial charge in [-0.25, -0.2) is 0 Å². The number of nitrogens with zero attached hydrogens (tertiary/aromatic N) is 1. The van der Waals surface area contributed by atoms with Crippen LogP contribution in [0.25, 0.3) is 0 Å². The third-order valence-corrected chi connectivity index (χ3v) is 4.31. The average Bonchev–Trinajstić information content (AvgIpc) is 2.14. The second-order valence-electron chi connectivity index (χ2n) is 7.15. The lowest BCUT2D eigenvalue weighted by Gasteiger charge is -2.34. The first kappa shape index (κ1) is 17.7. The van der Waals surface area contributed by atoms with Crippen molar-refractivity contribution in [2.45, 2.75) is 53.0 Å². The van der Waals surface area contributed by atoms with Gasteiger partial charge in [-0.05, 0) is 50.2 Å². The van der Waals surface area contributed by atoms with Gasteiger partial charge in [-0.3, -0.25) is 0 Å². The monoisotopic (exact) mass is 271 g/mol. The minimum atomic E-state index is 0. The summed E-state index contributed by atoms with van der Waals surface area (Å²) in [7, 11) is 6.76. The molecule has 0 N–H and O–H groups in total. The molecule has 0 amide bonds. The topological polar surface area (TPSA) is 0 Å². The van der Waals surface area contributed by atoms with Crippen molar-refractivity contribution in [1.29, 1.82) is 0 Å². The normalized spacial score (nSPS) is 21.9. The zero-order chi connectivity index (χ0) is 13.3. The van der Waals surface area contributed by atoms with E-state index in [9.17, 15) is 0 Å². The van der Waals surface area contributed by atoms with E-state index in [0.717, 1.165) is 4.48 Å². The van der Waals surface area contributed by atoms with Crippen molar-refractivity contribution in [3.05, 3.63) is 23.3 Å². The highest BCUT2D eigenvalue weighted by Gasteiger charge is 2.27. The van der Waals surface area contributed by atoms with Gasteiger partial charge in [0.15, 0.2) is 0 Å². The fourth-order valence-electron chi connectivity index (χ4n) is 2.50.